The number of para-hydroxylation sites is 2. The van der Waals surface area contributed by atoms with Crippen molar-refractivity contribution >= 4 is 34.9 Å². The Bertz CT molecular complexity index is 586. The molecule has 1 heterocycles. The molecule has 1 aliphatic heterocycles. The summed E-state index contributed by atoms with van der Waals surface area (Å²) >= 11 is 0. The molecule has 1 aliphatic rings. The second kappa shape index (κ2) is 8.73. The lowest BCUT2D eigenvalue weighted by Gasteiger charge is -2.24. The highest BCUT2D eigenvalue weighted by Gasteiger charge is 2.14. The second-order valence-corrected chi connectivity index (χ2v) is 4.23. The Morgan fingerprint density at radius 3 is 1.36 bits per heavy atom. The number of hydrogen-bond acceptors (Lipinski definition) is 2. The molecular formula is C20H26N2. The summed E-state index contributed by atoms with van der Waals surface area (Å²) in [7, 11) is 0. The van der Waals surface area contributed by atoms with Gasteiger partial charge in [0.1, 0.15) is 0 Å². The van der Waals surface area contributed by atoms with Crippen LogP contribution in [0.5, 0.6) is 0 Å². The minimum Gasteiger partial charge on any atom is -0.352 e. The average Bonchev–Trinajstić information content (AvgIpc) is 2.62. The van der Waals surface area contributed by atoms with Crippen LogP contribution < -0.4 is 10.6 Å². The van der Waals surface area contributed by atoms with Gasteiger partial charge in [0.25, 0.3) is 0 Å². The molecule has 0 aliphatic carbocycles. The van der Waals surface area contributed by atoms with Crippen molar-refractivity contribution in [2.45, 2.75) is 27.7 Å². The minimum absolute atomic E-state index is 1.06. The molecule has 0 atom stereocenters. The highest BCUT2D eigenvalue weighted by atomic mass is 15.0. The van der Waals surface area contributed by atoms with Crippen molar-refractivity contribution < 1.29 is 0 Å². The summed E-state index contributed by atoms with van der Waals surface area (Å²) in [4.78, 5) is 0. The first-order valence-electron chi connectivity index (χ1n) is 7.88. The first kappa shape index (κ1) is 17.6. The minimum atomic E-state index is 1.06. The Morgan fingerprint density at radius 1 is 0.682 bits per heavy atom. The number of benzene rings is 2. The summed E-state index contributed by atoms with van der Waals surface area (Å²) in [6, 6.07) is 12.3. The third kappa shape index (κ3) is 3.59. The number of rotatable bonds is 2. The maximum atomic E-state index is 3.84. The zero-order valence-electron chi connectivity index (χ0n) is 14.0. The van der Waals surface area contributed by atoms with E-state index in [0.717, 1.165) is 33.9 Å². The van der Waals surface area contributed by atoms with Crippen LogP contribution in [0, 0.1) is 0 Å². The Balaban J connectivity index is 0.000000561. The predicted molar refractivity (Wildman–Crippen MR) is 102 cm³/mol. The maximum absolute atomic E-state index is 3.84. The maximum Gasteiger partial charge on any atom is 0.0630 e. The number of fused-ring (bicyclic) bond motifs is 2. The molecule has 2 nitrogen and oxygen atoms in total. The lowest BCUT2D eigenvalue weighted by molar-refractivity contribution is 1.43. The average molecular weight is 294 g/mol. The van der Waals surface area contributed by atoms with Gasteiger partial charge in [0.2, 0.25) is 0 Å². The first-order chi connectivity index (χ1) is 10.8. The van der Waals surface area contributed by atoms with E-state index in [9.17, 15) is 0 Å². The number of nitrogens with one attached hydrogen (secondary N) is 2. The molecule has 0 saturated heterocycles. The van der Waals surface area contributed by atoms with Gasteiger partial charge in [-0.15, -0.1) is 0 Å². The monoisotopic (exact) mass is 294 g/mol. The standard InChI is InChI=1S/C16H14N2.2C2H6/c1-3-11-9-15-16(10-12(11)4-2)18-14-8-6-5-7-13(14)17-15;2*1-2/h3-10,17-18H,1-2H2;2*1-2H3. The van der Waals surface area contributed by atoms with Gasteiger partial charge in [0.05, 0.1) is 22.7 Å². The van der Waals surface area contributed by atoms with Gasteiger partial charge < -0.3 is 10.6 Å². The third-order valence-corrected chi connectivity index (χ3v) is 3.13. The normalized spacial score (nSPS) is 10.0. The van der Waals surface area contributed by atoms with Crippen molar-refractivity contribution in [1.29, 1.82) is 0 Å². The van der Waals surface area contributed by atoms with E-state index in [0.29, 0.717) is 0 Å². The van der Waals surface area contributed by atoms with E-state index in [1.54, 1.807) is 0 Å². The number of anilines is 4. The van der Waals surface area contributed by atoms with E-state index in [1.165, 1.54) is 0 Å². The Kier molecular flexibility index (Phi) is 6.97. The SMILES string of the molecule is C=Cc1cc2c(cc1C=C)Nc1ccccc1N2.CC.CC. The summed E-state index contributed by atoms with van der Waals surface area (Å²) in [5.41, 5.74) is 6.47. The van der Waals surface area contributed by atoms with Crippen LogP contribution in [0.2, 0.25) is 0 Å². The summed E-state index contributed by atoms with van der Waals surface area (Å²) in [5.74, 6) is 0. The highest BCUT2D eigenvalue weighted by molar-refractivity contribution is 5.92. The van der Waals surface area contributed by atoms with Crippen molar-refractivity contribution in [2.75, 3.05) is 10.6 Å². The van der Waals surface area contributed by atoms with E-state index in [2.05, 4.69) is 48.1 Å². The molecule has 2 heteroatoms. The van der Waals surface area contributed by atoms with Gasteiger partial charge in [0.15, 0.2) is 0 Å². The fourth-order valence-corrected chi connectivity index (χ4v) is 2.18. The van der Waals surface area contributed by atoms with Crippen LogP contribution in [-0.2, 0) is 0 Å². The van der Waals surface area contributed by atoms with Gasteiger partial charge in [-0.25, -0.2) is 0 Å². The fourth-order valence-electron chi connectivity index (χ4n) is 2.18. The van der Waals surface area contributed by atoms with E-state index < -0.39 is 0 Å². The molecule has 0 spiro atoms. The third-order valence-electron chi connectivity index (χ3n) is 3.13. The highest BCUT2D eigenvalue weighted by Crippen LogP contribution is 2.39. The predicted octanol–water partition coefficient (Wildman–Crippen LogP) is 6.83. The van der Waals surface area contributed by atoms with Crippen LogP contribution in [0.15, 0.2) is 49.6 Å². The fraction of sp³-hybridized carbons (Fsp3) is 0.200. The zero-order chi connectivity index (χ0) is 16.5. The molecule has 2 aromatic rings. The van der Waals surface area contributed by atoms with Gasteiger partial charge in [-0.3, -0.25) is 0 Å². The van der Waals surface area contributed by atoms with Gasteiger partial charge in [-0.05, 0) is 35.4 Å². The van der Waals surface area contributed by atoms with Crippen molar-refractivity contribution in [3.8, 4) is 0 Å². The Labute approximate surface area is 134 Å². The first-order valence-corrected chi connectivity index (χ1v) is 7.88. The quantitative estimate of drug-likeness (QED) is 0.541. The van der Waals surface area contributed by atoms with E-state index >= 15 is 0 Å². The van der Waals surface area contributed by atoms with Crippen LogP contribution in [0.1, 0.15) is 38.8 Å². The molecular weight excluding hydrogens is 268 g/mol. The van der Waals surface area contributed by atoms with Crippen molar-refractivity contribution in [1.82, 2.24) is 0 Å². The molecule has 2 aromatic carbocycles. The summed E-state index contributed by atoms with van der Waals surface area (Å²) in [6.45, 7) is 15.7. The van der Waals surface area contributed by atoms with Crippen LogP contribution in [0.25, 0.3) is 12.2 Å². The molecule has 0 aromatic heterocycles. The summed E-state index contributed by atoms with van der Waals surface area (Å²) in [6.07, 6.45) is 3.69. The van der Waals surface area contributed by atoms with Gasteiger partial charge >= 0.3 is 0 Å². The van der Waals surface area contributed by atoms with E-state index in [-0.39, 0.29) is 0 Å². The van der Waals surface area contributed by atoms with Gasteiger partial charge in [-0.2, -0.15) is 0 Å². The number of hydrogen-bond donors (Lipinski definition) is 2. The van der Waals surface area contributed by atoms with Gasteiger partial charge in [-0.1, -0.05) is 65.1 Å². The topological polar surface area (TPSA) is 24.1 Å². The Hall–Kier alpha value is -2.48. The van der Waals surface area contributed by atoms with Crippen LogP contribution in [0.3, 0.4) is 0 Å². The molecule has 116 valence electrons. The van der Waals surface area contributed by atoms with E-state index in [1.807, 2.05) is 52.0 Å². The molecule has 0 bridgehead atoms. The molecule has 0 fully saturated rings. The largest absolute Gasteiger partial charge is 0.352 e. The van der Waals surface area contributed by atoms with Crippen LogP contribution >= 0.6 is 0 Å². The molecule has 3 rings (SSSR count). The molecule has 22 heavy (non-hydrogen) atoms. The smallest absolute Gasteiger partial charge is 0.0630 e. The Morgan fingerprint density at radius 2 is 1.05 bits per heavy atom. The molecule has 0 unspecified atom stereocenters. The van der Waals surface area contributed by atoms with Crippen LogP contribution in [-0.4, -0.2) is 0 Å². The molecule has 2 N–H and O–H groups in total. The van der Waals surface area contributed by atoms with Crippen molar-refractivity contribution in [2.24, 2.45) is 0 Å². The summed E-state index contributed by atoms with van der Waals surface area (Å²) in [5, 5.41) is 6.84. The van der Waals surface area contributed by atoms with Gasteiger partial charge in [0, 0.05) is 0 Å². The molecule has 0 radical (unpaired) electrons. The molecule has 0 saturated carbocycles. The zero-order valence-corrected chi connectivity index (χ0v) is 14.0. The summed E-state index contributed by atoms with van der Waals surface area (Å²) < 4.78 is 0. The lowest BCUT2D eigenvalue weighted by Crippen LogP contribution is -2.06. The second-order valence-electron chi connectivity index (χ2n) is 4.23. The van der Waals surface area contributed by atoms with Crippen LogP contribution in [0.4, 0.5) is 22.7 Å². The van der Waals surface area contributed by atoms with E-state index in [4.69, 9.17) is 0 Å². The molecule has 0 amide bonds. The van der Waals surface area contributed by atoms with Crippen molar-refractivity contribution in [3.05, 3.63) is 60.7 Å². The lowest BCUT2D eigenvalue weighted by atomic mass is 10.0. The van der Waals surface area contributed by atoms with Crippen molar-refractivity contribution in [3.63, 3.8) is 0 Å².